The smallest absolute Gasteiger partial charge is 0.281 e. The van der Waals surface area contributed by atoms with Crippen LogP contribution in [0, 0.1) is 0 Å². The topological polar surface area (TPSA) is 87.5 Å². The zero-order chi connectivity index (χ0) is 14.9. The van der Waals surface area contributed by atoms with E-state index in [1.807, 2.05) is 0 Å². The highest BCUT2D eigenvalue weighted by Crippen LogP contribution is 2.25. The maximum Gasteiger partial charge on any atom is 0.281 e. The Morgan fingerprint density at radius 3 is 2.85 bits per heavy atom. The zero-order valence-electron chi connectivity index (χ0n) is 11.8. The molecule has 0 saturated carbocycles. The number of fused-ring (bicyclic) bond motifs is 1. The first-order chi connectivity index (χ1) is 9.36. The van der Waals surface area contributed by atoms with Crippen LogP contribution in [0.1, 0.15) is 18.2 Å². The van der Waals surface area contributed by atoms with Gasteiger partial charge in [0.25, 0.3) is 10.2 Å². The van der Waals surface area contributed by atoms with Crippen molar-refractivity contribution in [2.45, 2.75) is 19.0 Å². The summed E-state index contributed by atoms with van der Waals surface area (Å²) in [5.74, 6) is -0.138. The molecule has 1 aliphatic rings. The molecule has 0 fully saturated rings. The number of rotatable bonds is 4. The lowest BCUT2D eigenvalue weighted by Gasteiger charge is -2.34. The van der Waals surface area contributed by atoms with Gasteiger partial charge in [-0.1, -0.05) is 0 Å². The molecule has 1 amide bonds. The summed E-state index contributed by atoms with van der Waals surface area (Å²) in [6.45, 7) is 0.507. The Balaban J connectivity index is 2.29. The lowest BCUT2D eigenvalue weighted by Crippen LogP contribution is -2.46. The van der Waals surface area contributed by atoms with Gasteiger partial charge in [0, 0.05) is 33.9 Å². The van der Waals surface area contributed by atoms with Crippen molar-refractivity contribution in [1.82, 2.24) is 23.7 Å². The van der Waals surface area contributed by atoms with Crippen molar-refractivity contribution >= 4 is 16.1 Å². The quantitative estimate of drug-likeness (QED) is 0.787. The average molecular weight is 301 g/mol. The second kappa shape index (κ2) is 5.51. The Kier molecular flexibility index (Phi) is 4.11. The molecular formula is C11H19N5O3S. The van der Waals surface area contributed by atoms with Gasteiger partial charge in [-0.15, -0.1) is 0 Å². The van der Waals surface area contributed by atoms with Crippen LogP contribution < -0.4 is 5.32 Å². The van der Waals surface area contributed by atoms with Gasteiger partial charge in [0.05, 0.1) is 24.7 Å². The van der Waals surface area contributed by atoms with Gasteiger partial charge in [0.15, 0.2) is 0 Å². The lowest BCUT2D eigenvalue weighted by atomic mass is 10.1. The second-order valence-corrected chi connectivity index (χ2v) is 7.02. The SMILES string of the molecule is CNC(=O)CC1CN(S(=O)(=O)N(C)C)Cc2ccnn21. The van der Waals surface area contributed by atoms with Crippen molar-refractivity contribution in [2.24, 2.45) is 0 Å². The summed E-state index contributed by atoms with van der Waals surface area (Å²) in [6.07, 6.45) is 1.82. The van der Waals surface area contributed by atoms with Crippen molar-refractivity contribution in [2.75, 3.05) is 27.7 Å². The van der Waals surface area contributed by atoms with Gasteiger partial charge in [0.2, 0.25) is 5.91 Å². The number of hydrogen-bond acceptors (Lipinski definition) is 4. The molecule has 20 heavy (non-hydrogen) atoms. The van der Waals surface area contributed by atoms with Crippen molar-refractivity contribution in [3.05, 3.63) is 18.0 Å². The Hall–Kier alpha value is -1.45. The molecule has 2 heterocycles. The number of aromatic nitrogens is 2. The van der Waals surface area contributed by atoms with Crippen LogP contribution in [-0.4, -0.2) is 60.4 Å². The third-order valence-corrected chi connectivity index (χ3v) is 5.19. The average Bonchev–Trinajstić information content (AvgIpc) is 2.86. The van der Waals surface area contributed by atoms with Crippen LogP contribution in [0.15, 0.2) is 12.3 Å². The van der Waals surface area contributed by atoms with Gasteiger partial charge < -0.3 is 5.32 Å². The third kappa shape index (κ3) is 2.69. The van der Waals surface area contributed by atoms with Crippen molar-refractivity contribution in [1.29, 1.82) is 0 Å². The molecule has 0 bridgehead atoms. The summed E-state index contributed by atoms with van der Waals surface area (Å²) in [4.78, 5) is 11.6. The first-order valence-corrected chi connectivity index (χ1v) is 7.66. The molecule has 9 heteroatoms. The van der Waals surface area contributed by atoms with E-state index in [2.05, 4.69) is 10.4 Å². The van der Waals surface area contributed by atoms with Crippen molar-refractivity contribution in [3.63, 3.8) is 0 Å². The van der Waals surface area contributed by atoms with Crippen LogP contribution >= 0.6 is 0 Å². The van der Waals surface area contributed by atoms with E-state index in [4.69, 9.17) is 0 Å². The molecule has 1 unspecified atom stereocenters. The molecule has 0 saturated heterocycles. The highest BCUT2D eigenvalue weighted by atomic mass is 32.2. The van der Waals surface area contributed by atoms with E-state index in [-0.39, 0.29) is 31.5 Å². The first kappa shape index (κ1) is 14.9. The monoisotopic (exact) mass is 301 g/mol. The summed E-state index contributed by atoms with van der Waals surface area (Å²) < 4.78 is 28.8. The third-order valence-electron chi connectivity index (χ3n) is 3.34. The minimum atomic E-state index is -3.50. The van der Waals surface area contributed by atoms with E-state index >= 15 is 0 Å². The van der Waals surface area contributed by atoms with Crippen LogP contribution in [0.3, 0.4) is 0 Å². The zero-order valence-corrected chi connectivity index (χ0v) is 12.6. The molecule has 8 nitrogen and oxygen atoms in total. The fourth-order valence-electron chi connectivity index (χ4n) is 2.23. The van der Waals surface area contributed by atoms with Crippen LogP contribution in [0.5, 0.6) is 0 Å². The van der Waals surface area contributed by atoms with E-state index in [9.17, 15) is 13.2 Å². The summed E-state index contributed by atoms with van der Waals surface area (Å²) in [6, 6.07) is 1.48. The van der Waals surface area contributed by atoms with Gasteiger partial charge in [-0.3, -0.25) is 9.48 Å². The van der Waals surface area contributed by atoms with E-state index < -0.39 is 10.2 Å². The molecule has 1 aliphatic heterocycles. The van der Waals surface area contributed by atoms with Crippen molar-refractivity contribution < 1.29 is 13.2 Å². The summed E-state index contributed by atoms with van der Waals surface area (Å²) in [7, 11) is 1.05. The van der Waals surface area contributed by atoms with Gasteiger partial charge in [-0.25, -0.2) is 0 Å². The molecule has 1 aromatic rings. The van der Waals surface area contributed by atoms with Crippen LogP contribution in [0.25, 0.3) is 0 Å². The highest BCUT2D eigenvalue weighted by molar-refractivity contribution is 7.86. The molecular weight excluding hydrogens is 282 g/mol. The molecule has 0 aromatic carbocycles. The van der Waals surface area contributed by atoms with Gasteiger partial charge in [-0.05, 0) is 6.07 Å². The predicted molar refractivity (Wildman–Crippen MR) is 73.0 cm³/mol. The minimum Gasteiger partial charge on any atom is -0.359 e. The number of carbonyl (C=O) groups excluding carboxylic acids is 1. The molecule has 2 rings (SSSR count). The summed E-state index contributed by atoms with van der Waals surface area (Å²) in [5, 5.41) is 6.74. The lowest BCUT2D eigenvalue weighted by molar-refractivity contribution is -0.121. The number of amides is 1. The number of carbonyl (C=O) groups is 1. The number of hydrogen-bond donors (Lipinski definition) is 1. The van der Waals surface area contributed by atoms with E-state index in [1.165, 1.54) is 22.7 Å². The minimum absolute atomic E-state index is 0.138. The fourth-order valence-corrected chi connectivity index (χ4v) is 3.34. The molecule has 1 atom stereocenters. The molecule has 0 aliphatic carbocycles. The maximum atomic E-state index is 12.2. The molecule has 0 spiro atoms. The van der Waals surface area contributed by atoms with E-state index in [0.29, 0.717) is 0 Å². The number of nitrogens with one attached hydrogen (secondary N) is 1. The molecule has 1 N–H and O–H groups in total. The largest absolute Gasteiger partial charge is 0.359 e. The first-order valence-electron chi connectivity index (χ1n) is 6.27. The highest BCUT2D eigenvalue weighted by Gasteiger charge is 2.34. The van der Waals surface area contributed by atoms with Crippen LogP contribution in [0.4, 0.5) is 0 Å². The Labute approximate surface area is 118 Å². The predicted octanol–water partition coefficient (Wildman–Crippen LogP) is -0.818. The van der Waals surface area contributed by atoms with Gasteiger partial charge in [0.1, 0.15) is 0 Å². The number of nitrogens with zero attached hydrogens (tertiary/aromatic N) is 4. The normalized spacial score (nSPS) is 19.9. The Morgan fingerprint density at radius 1 is 1.55 bits per heavy atom. The second-order valence-electron chi connectivity index (χ2n) is 4.88. The van der Waals surface area contributed by atoms with Gasteiger partial charge in [-0.2, -0.15) is 22.1 Å². The molecule has 0 radical (unpaired) electrons. The van der Waals surface area contributed by atoms with E-state index in [0.717, 1.165) is 5.69 Å². The molecule has 112 valence electrons. The Bertz CT molecular complexity index is 595. The van der Waals surface area contributed by atoms with Gasteiger partial charge >= 0.3 is 0 Å². The van der Waals surface area contributed by atoms with Crippen LogP contribution in [0.2, 0.25) is 0 Å². The molecule has 1 aromatic heterocycles. The van der Waals surface area contributed by atoms with E-state index in [1.54, 1.807) is 24.0 Å². The summed E-state index contributed by atoms with van der Waals surface area (Å²) in [5.41, 5.74) is 0.788. The summed E-state index contributed by atoms with van der Waals surface area (Å²) >= 11 is 0. The standard InChI is InChI=1S/C11H19N5O3S/c1-12-11(17)6-10-8-15(20(18,19)14(2)3)7-9-4-5-13-16(9)10/h4-5,10H,6-8H2,1-3H3,(H,12,17). The fraction of sp³-hybridized carbons (Fsp3) is 0.636. The maximum absolute atomic E-state index is 12.2. The van der Waals surface area contributed by atoms with Crippen LogP contribution in [-0.2, 0) is 21.5 Å². The Morgan fingerprint density at radius 2 is 2.25 bits per heavy atom. The van der Waals surface area contributed by atoms with Crippen molar-refractivity contribution in [3.8, 4) is 0 Å².